The molecule has 9 heteroatoms. The molecule has 2 amide bonds. The second kappa shape index (κ2) is 11.9. The fourth-order valence-corrected chi connectivity index (χ4v) is 5.43. The van der Waals surface area contributed by atoms with E-state index in [9.17, 15) is 18.0 Å². The lowest BCUT2D eigenvalue weighted by molar-refractivity contribution is 0.0729. The van der Waals surface area contributed by atoms with Gasteiger partial charge in [0.2, 0.25) is 10.0 Å². The van der Waals surface area contributed by atoms with Gasteiger partial charge in [0.1, 0.15) is 0 Å². The highest BCUT2D eigenvalue weighted by Crippen LogP contribution is 2.18. The molecule has 0 spiro atoms. The van der Waals surface area contributed by atoms with E-state index in [1.165, 1.54) is 4.31 Å². The highest BCUT2D eigenvalue weighted by molar-refractivity contribution is 7.88. The lowest BCUT2D eigenvalue weighted by Gasteiger charge is -2.26. The van der Waals surface area contributed by atoms with Crippen LogP contribution in [0.4, 0.5) is 5.69 Å². The molecule has 0 radical (unpaired) electrons. The van der Waals surface area contributed by atoms with Crippen molar-refractivity contribution in [1.29, 1.82) is 0 Å². The number of morpholine rings is 1. The predicted octanol–water partition coefficient (Wildman–Crippen LogP) is 3.07. The zero-order chi connectivity index (χ0) is 25.4. The van der Waals surface area contributed by atoms with E-state index >= 15 is 0 Å². The van der Waals surface area contributed by atoms with Crippen molar-refractivity contribution in [3.8, 4) is 0 Å². The maximum atomic E-state index is 12.8. The lowest BCUT2D eigenvalue weighted by atomic mass is 10.1. The smallest absolute Gasteiger partial charge is 0.255 e. The zero-order valence-corrected chi connectivity index (χ0v) is 20.7. The molecule has 1 aliphatic heterocycles. The van der Waals surface area contributed by atoms with Gasteiger partial charge in [-0.15, -0.1) is 0 Å². The number of hydrogen-bond acceptors (Lipinski definition) is 5. The number of sulfonamides is 1. The van der Waals surface area contributed by atoms with Crippen LogP contribution in [0.2, 0.25) is 0 Å². The number of benzene rings is 3. The standard InChI is InChI=1S/C27H29N3O5S/c31-26(23-12-10-22(11-13-23)20-36(33,34)30-16-18-35-19-17-30)29-25-9-5-4-8-24(25)27(32)28-15-14-21-6-2-1-3-7-21/h1-13H,14-20H2,(H,28,32)(H,29,31). The summed E-state index contributed by atoms with van der Waals surface area (Å²) < 4.78 is 31.9. The molecule has 3 aromatic carbocycles. The molecule has 1 saturated heterocycles. The van der Waals surface area contributed by atoms with Gasteiger partial charge in [0.25, 0.3) is 11.8 Å². The molecule has 0 aromatic heterocycles. The van der Waals surface area contributed by atoms with Gasteiger partial charge in [-0.1, -0.05) is 54.6 Å². The number of amides is 2. The van der Waals surface area contributed by atoms with E-state index in [0.717, 1.165) is 5.56 Å². The summed E-state index contributed by atoms with van der Waals surface area (Å²) in [6.45, 7) is 1.96. The molecule has 188 valence electrons. The Morgan fingerprint density at radius 2 is 1.47 bits per heavy atom. The Kier molecular flexibility index (Phi) is 8.48. The number of nitrogens with one attached hydrogen (secondary N) is 2. The van der Waals surface area contributed by atoms with Gasteiger partial charge in [0, 0.05) is 25.2 Å². The molecule has 0 atom stereocenters. The van der Waals surface area contributed by atoms with E-state index in [2.05, 4.69) is 10.6 Å². The molecule has 0 saturated carbocycles. The lowest BCUT2D eigenvalue weighted by Crippen LogP contribution is -2.41. The van der Waals surface area contributed by atoms with Gasteiger partial charge in [0.15, 0.2) is 0 Å². The van der Waals surface area contributed by atoms with Crippen LogP contribution in [0.3, 0.4) is 0 Å². The third-order valence-corrected chi connectivity index (χ3v) is 7.74. The van der Waals surface area contributed by atoms with Crippen LogP contribution in [0.5, 0.6) is 0 Å². The number of hydrogen-bond donors (Lipinski definition) is 2. The zero-order valence-electron chi connectivity index (χ0n) is 19.9. The van der Waals surface area contributed by atoms with Crippen molar-refractivity contribution in [3.63, 3.8) is 0 Å². The van der Waals surface area contributed by atoms with Crippen LogP contribution in [-0.2, 0) is 26.9 Å². The molecule has 0 aliphatic carbocycles. The second-order valence-electron chi connectivity index (χ2n) is 8.46. The number of nitrogens with zero attached hydrogens (tertiary/aromatic N) is 1. The Labute approximate surface area is 211 Å². The highest BCUT2D eigenvalue weighted by atomic mass is 32.2. The number of carbonyl (C=O) groups excluding carboxylic acids is 2. The summed E-state index contributed by atoms with van der Waals surface area (Å²) >= 11 is 0. The Morgan fingerprint density at radius 3 is 2.19 bits per heavy atom. The Balaban J connectivity index is 1.36. The van der Waals surface area contributed by atoms with Gasteiger partial charge < -0.3 is 15.4 Å². The van der Waals surface area contributed by atoms with E-state index < -0.39 is 10.0 Å². The maximum Gasteiger partial charge on any atom is 0.255 e. The van der Waals surface area contributed by atoms with Crippen LogP contribution in [0.1, 0.15) is 31.8 Å². The summed E-state index contributed by atoms with van der Waals surface area (Å²) in [5.74, 6) is -0.798. The molecule has 3 aromatic rings. The van der Waals surface area contributed by atoms with Gasteiger partial charge >= 0.3 is 0 Å². The molecule has 1 heterocycles. The predicted molar refractivity (Wildman–Crippen MR) is 138 cm³/mol. The molecule has 2 N–H and O–H groups in total. The quantitative estimate of drug-likeness (QED) is 0.463. The van der Waals surface area contributed by atoms with E-state index in [4.69, 9.17) is 4.74 Å². The maximum absolute atomic E-state index is 12.8. The minimum Gasteiger partial charge on any atom is -0.379 e. The van der Waals surface area contributed by atoms with E-state index in [1.807, 2.05) is 30.3 Å². The summed E-state index contributed by atoms with van der Waals surface area (Å²) in [4.78, 5) is 25.6. The summed E-state index contributed by atoms with van der Waals surface area (Å²) in [5, 5.41) is 5.69. The molecule has 8 nitrogen and oxygen atoms in total. The van der Waals surface area contributed by atoms with Crippen LogP contribution in [0.25, 0.3) is 0 Å². The normalized spacial score (nSPS) is 14.2. The monoisotopic (exact) mass is 507 g/mol. The number of anilines is 1. The Hall–Kier alpha value is -3.53. The van der Waals surface area contributed by atoms with Crippen molar-refractivity contribution in [2.24, 2.45) is 0 Å². The average molecular weight is 508 g/mol. The molecular formula is C27H29N3O5S. The molecule has 4 rings (SSSR count). The Bertz CT molecular complexity index is 1290. The Morgan fingerprint density at radius 1 is 0.806 bits per heavy atom. The number of ether oxygens (including phenoxy) is 1. The van der Waals surface area contributed by atoms with Crippen LogP contribution < -0.4 is 10.6 Å². The summed E-state index contributed by atoms with van der Waals surface area (Å²) in [6, 6.07) is 23.1. The summed E-state index contributed by atoms with van der Waals surface area (Å²) in [6.07, 6.45) is 0.703. The first-order chi connectivity index (χ1) is 17.4. The number of rotatable bonds is 9. The molecule has 0 unspecified atom stereocenters. The van der Waals surface area contributed by atoms with E-state index in [-0.39, 0.29) is 17.6 Å². The number of carbonyl (C=O) groups is 2. The molecule has 1 aliphatic rings. The summed E-state index contributed by atoms with van der Waals surface area (Å²) in [7, 11) is -3.45. The van der Waals surface area contributed by atoms with Gasteiger partial charge in [-0.2, -0.15) is 4.31 Å². The van der Waals surface area contributed by atoms with Crippen molar-refractivity contribution in [2.45, 2.75) is 12.2 Å². The first-order valence-electron chi connectivity index (χ1n) is 11.8. The third-order valence-electron chi connectivity index (χ3n) is 5.89. The van der Waals surface area contributed by atoms with Gasteiger partial charge in [0.05, 0.1) is 30.2 Å². The SMILES string of the molecule is O=C(Nc1ccccc1C(=O)NCCc1ccccc1)c1ccc(CS(=O)(=O)N2CCOCC2)cc1. The van der Waals surface area contributed by atoms with Crippen molar-refractivity contribution in [2.75, 3.05) is 38.2 Å². The molecule has 0 bridgehead atoms. The highest BCUT2D eigenvalue weighted by Gasteiger charge is 2.24. The van der Waals surface area contributed by atoms with Crippen molar-refractivity contribution in [3.05, 3.63) is 101 Å². The fraction of sp³-hybridized carbons (Fsp3) is 0.259. The van der Waals surface area contributed by atoms with Crippen molar-refractivity contribution in [1.82, 2.24) is 9.62 Å². The summed E-state index contributed by atoms with van der Waals surface area (Å²) in [5.41, 5.74) is 2.85. The van der Waals surface area contributed by atoms with E-state index in [1.54, 1.807) is 48.5 Å². The van der Waals surface area contributed by atoms with Crippen molar-refractivity contribution >= 4 is 27.5 Å². The van der Waals surface area contributed by atoms with Crippen LogP contribution in [0.15, 0.2) is 78.9 Å². The first kappa shape index (κ1) is 25.6. The number of para-hydroxylation sites is 1. The minimum absolute atomic E-state index is 0.138. The third kappa shape index (κ3) is 6.78. The molecule has 36 heavy (non-hydrogen) atoms. The van der Waals surface area contributed by atoms with Crippen LogP contribution in [0, 0.1) is 0 Å². The van der Waals surface area contributed by atoms with Gasteiger partial charge in [-0.25, -0.2) is 8.42 Å². The van der Waals surface area contributed by atoms with E-state index in [0.29, 0.717) is 61.6 Å². The molecule has 1 fully saturated rings. The first-order valence-corrected chi connectivity index (χ1v) is 13.4. The second-order valence-corrected chi connectivity index (χ2v) is 10.4. The minimum atomic E-state index is -3.45. The fourth-order valence-electron chi connectivity index (χ4n) is 3.92. The van der Waals surface area contributed by atoms with Crippen LogP contribution >= 0.6 is 0 Å². The van der Waals surface area contributed by atoms with Crippen molar-refractivity contribution < 1.29 is 22.7 Å². The molecular weight excluding hydrogens is 478 g/mol. The van der Waals surface area contributed by atoms with Gasteiger partial charge in [-0.05, 0) is 41.8 Å². The van der Waals surface area contributed by atoms with Crippen LogP contribution in [-0.4, -0.2) is 57.4 Å². The average Bonchev–Trinajstić information content (AvgIpc) is 2.90. The topological polar surface area (TPSA) is 105 Å². The van der Waals surface area contributed by atoms with Gasteiger partial charge in [-0.3, -0.25) is 9.59 Å². The largest absolute Gasteiger partial charge is 0.379 e.